The molecule has 2 rings (SSSR count). The van der Waals surface area contributed by atoms with Crippen LogP contribution in [0.3, 0.4) is 0 Å². The van der Waals surface area contributed by atoms with Gasteiger partial charge in [0.05, 0.1) is 0 Å². The van der Waals surface area contributed by atoms with Crippen molar-refractivity contribution in [1.29, 1.82) is 0 Å². The summed E-state index contributed by atoms with van der Waals surface area (Å²) in [5.74, 6) is 1.66. The molecule has 1 nitrogen and oxygen atoms in total. The van der Waals surface area contributed by atoms with Gasteiger partial charge in [-0.25, -0.2) is 0 Å². The Morgan fingerprint density at radius 1 is 1.00 bits per heavy atom. The normalized spacial score (nSPS) is 13.6. The van der Waals surface area contributed by atoms with Gasteiger partial charge in [0.15, 0.2) is 0 Å². The van der Waals surface area contributed by atoms with E-state index in [9.17, 15) is 0 Å². The van der Waals surface area contributed by atoms with Gasteiger partial charge in [0, 0.05) is 0 Å². The smallest absolute Gasteiger partial charge is 0.128 e. The molecule has 68 valence electrons. The largest absolute Gasteiger partial charge is 0.457 e. The molecule has 1 heteroatoms. The van der Waals surface area contributed by atoms with Crippen LogP contribution in [0.15, 0.2) is 72.2 Å². The first-order valence-corrected chi connectivity index (χ1v) is 4.47. The molecule has 14 heavy (non-hydrogen) atoms. The minimum Gasteiger partial charge on any atom is -0.457 e. The van der Waals surface area contributed by atoms with Crippen LogP contribution in [0.25, 0.3) is 0 Å². The van der Waals surface area contributed by atoms with E-state index < -0.39 is 0 Å². The van der Waals surface area contributed by atoms with Crippen molar-refractivity contribution in [2.75, 3.05) is 0 Å². The Hall–Kier alpha value is -1.98. The molecule has 1 aromatic rings. The number of rotatable bonds is 2. The van der Waals surface area contributed by atoms with Crippen molar-refractivity contribution >= 4 is 0 Å². The SMILES string of the molecule is C1=CC=CC(Oc2ccccc2)=CC=1. The fourth-order valence-corrected chi connectivity index (χ4v) is 1.13. The van der Waals surface area contributed by atoms with Crippen LogP contribution in [0, 0.1) is 0 Å². The molecular formula is C13H10O. The first kappa shape index (κ1) is 8.61. The van der Waals surface area contributed by atoms with Crippen molar-refractivity contribution < 1.29 is 4.74 Å². The Morgan fingerprint density at radius 3 is 2.71 bits per heavy atom. The predicted octanol–water partition coefficient (Wildman–Crippen LogP) is 3.23. The van der Waals surface area contributed by atoms with Crippen molar-refractivity contribution in [3.8, 4) is 5.75 Å². The minimum absolute atomic E-state index is 0.817. The van der Waals surface area contributed by atoms with E-state index in [1.165, 1.54) is 0 Å². The van der Waals surface area contributed by atoms with E-state index in [1.807, 2.05) is 60.7 Å². The molecule has 0 amide bonds. The summed E-state index contributed by atoms with van der Waals surface area (Å²) in [4.78, 5) is 0. The summed E-state index contributed by atoms with van der Waals surface area (Å²) in [6, 6.07) is 9.72. The quantitative estimate of drug-likeness (QED) is 0.638. The highest BCUT2D eigenvalue weighted by atomic mass is 16.5. The molecule has 1 aliphatic rings. The number of hydrogen-bond acceptors (Lipinski definition) is 1. The van der Waals surface area contributed by atoms with Gasteiger partial charge in [-0.05, 0) is 36.4 Å². The molecule has 0 unspecified atom stereocenters. The highest BCUT2D eigenvalue weighted by Crippen LogP contribution is 2.14. The summed E-state index contributed by atoms with van der Waals surface area (Å²) in [6.45, 7) is 0. The molecule has 0 heterocycles. The lowest BCUT2D eigenvalue weighted by molar-refractivity contribution is 0.444. The number of para-hydroxylation sites is 1. The van der Waals surface area contributed by atoms with Gasteiger partial charge in [-0.1, -0.05) is 24.3 Å². The maximum atomic E-state index is 5.62. The molecule has 0 saturated heterocycles. The van der Waals surface area contributed by atoms with E-state index in [0.29, 0.717) is 0 Å². The summed E-state index contributed by atoms with van der Waals surface area (Å²) in [6.07, 6.45) is 9.37. The Morgan fingerprint density at radius 2 is 1.86 bits per heavy atom. The summed E-state index contributed by atoms with van der Waals surface area (Å²) in [7, 11) is 0. The van der Waals surface area contributed by atoms with E-state index in [0.717, 1.165) is 11.5 Å². The van der Waals surface area contributed by atoms with Crippen LogP contribution < -0.4 is 4.74 Å². The number of allylic oxidation sites excluding steroid dienone is 4. The third-order valence-corrected chi connectivity index (χ3v) is 1.78. The lowest BCUT2D eigenvalue weighted by Crippen LogP contribution is -1.90. The molecule has 0 atom stereocenters. The fourth-order valence-electron chi connectivity index (χ4n) is 1.13. The van der Waals surface area contributed by atoms with Crippen molar-refractivity contribution in [2.45, 2.75) is 0 Å². The predicted molar refractivity (Wildman–Crippen MR) is 56.9 cm³/mol. The van der Waals surface area contributed by atoms with E-state index in [2.05, 4.69) is 5.73 Å². The summed E-state index contributed by atoms with van der Waals surface area (Å²) >= 11 is 0. The van der Waals surface area contributed by atoms with E-state index in [4.69, 9.17) is 4.74 Å². The van der Waals surface area contributed by atoms with Crippen LogP contribution >= 0.6 is 0 Å². The van der Waals surface area contributed by atoms with Crippen LogP contribution in [0.2, 0.25) is 0 Å². The average Bonchev–Trinajstić information content (AvgIpc) is 2.48. The third-order valence-electron chi connectivity index (χ3n) is 1.78. The van der Waals surface area contributed by atoms with Crippen molar-refractivity contribution in [2.24, 2.45) is 0 Å². The Kier molecular flexibility index (Phi) is 2.65. The molecule has 1 aromatic carbocycles. The van der Waals surface area contributed by atoms with Crippen LogP contribution in [0.1, 0.15) is 0 Å². The Balaban J connectivity index is 2.13. The van der Waals surface area contributed by atoms with Gasteiger partial charge in [-0.2, -0.15) is 0 Å². The van der Waals surface area contributed by atoms with Crippen LogP contribution in [0.4, 0.5) is 0 Å². The molecule has 0 aromatic heterocycles. The molecule has 0 bridgehead atoms. The lowest BCUT2D eigenvalue weighted by atomic mass is 10.3. The van der Waals surface area contributed by atoms with Gasteiger partial charge in [0.1, 0.15) is 11.5 Å². The van der Waals surface area contributed by atoms with Crippen LogP contribution in [-0.4, -0.2) is 0 Å². The molecule has 1 aliphatic carbocycles. The molecule has 0 fully saturated rings. The van der Waals surface area contributed by atoms with Gasteiger partial charge in [0.25, 0.3) is 0 Å². The van der Waals surface area contributed by atoms with Crippen molar-refractivity contribution in [3.63, 3.8) is 0 Å². The fraction of sp³-hybridized carbons (Fsp3) is 0. The van der Waals surface area contributed by atoms with Crippen molar-refractivity contribution in [3.05, 3.63) is 72.2 Å². The van der Waals surface area contributed by atoms with E-state index in [-0.39, 0.29) is 0 Å². The lowest BCUT2D eigenvalue weighted by Gasteiger charge is -2.04. The minimum atomic E-state index is 0.817. The maximum Gasteiger partial charge on any atom is 0.128 e. The van der Waals surface area contributed by atoms with Crippen molar-refractivity contribution in [1.82, 2.24) is 0 Å². The highest BCUT2D eigenvalue weighted by Gasteiger charge is 1.95. The molecule has 0 N–H and O–H groups in total. The van der Waals surface area contributed by atoms with Gasteiger partial charge < -0.3 is 4.74 Å². The summed E-state index contributed by atoms with van der Waals surface area (Å²) < 4.78 is 5.62. The zero-order valence-electron chi connectivity index (χ0n) is 7.68. The maximum absolute atomic E-state index is 5.62. The van der Waals surface area contributed by atoms with Crippen LogP contribution in [-0.2, 0) is 0 Å². The van der Waals surface area contributed by atoms with Crippen LogP contribution in [0.5, 0.6) is 5.75 Å². The Bertz CT molecular complexity index is 418. The van der Waals surface area contributed by atoms with E-state index in [1.54, 1.807) is 0 Å². The monoisotopic (exact) mass is 182 g/mol. The second kappa shape index (κ2) is 4.31. The van der Waals surface area contributed by atoms with Gasteiger partial charge >= 0.3 is 0 Å². The number of ether oxygens (including phenoxy) is 1. The second-order valence-electron chi connectivity index (χ2n) is 2.84. The summed E-state index contributed by atoms with van der Waals surface area (Å²) in [5.41, 5.74) is 2.97. The summed E-state index contributed by atoms with van der Waals surface area (Å²) in [5, 5.41) is 0. The standard InChI is InChI=1S/C13H10O/c1-2-5-9-12(8-4-1)14-13-10-6-3-7-11-13/h1,3-11H. The molecule has 0 radical (unpaired) electrons. The van der Waals surface area contributed by atoms with Gasteiger partial charge in [0.2, 0.25) is 0 Å². The Labute approximate surface area is 83.3 Å². The molecule has 0 aliphatic heterocycles. The first-order valence-electron chi connectivity index (χ1n) is 4.47. The zero-order valence-corrected chi connectivity index (χ0v) is 7.68. The topological polar surface area (TPSA) is 9.23 Å². The van der Waals surface area contributed by atoms with E-state index >= 15 is 0 Å². The number of hydrogen-bond donors (Lipinski definition) is 0. The third kappa shape index (κ3) is 2.25. The van der Waals surface area contributed by atoms with Gasteiger partial charge in [-0.3, -0.25) is 0 Å². The first-order chi connectivity index (χ1) is 6.95. The second-order valence-corrected chi connectivity index (χ2v) is 2.84. The molecule has 0 saturated carbocycles. The molecule has 0 spiro atoms. The number of benzene rings is 1. The average molecular weight is 182 g/mol. The van der Waals surface area contributed by atoms with Gasteiger partial charge in [-0.15, -0.1) is 5.73 Å². The zero-order chi connectivity index (χ0) is 9.64. The molecular weight excluding hydrogens is 172 g/mol. The highest BCUT2D eigenvalue weighted by molar-refractivity contribution is 5.30.